The van der Waals surface area contributed by atoms with E-state index in [1.54, 1.807) is 6.33 Å². The molecule has 0 aliphatic carbocycles. The molecule has 90 valence electrons. The maximum absolute atomic E-state index is 5.37. The number of nitrogens with one attached hydrogen (secondary N) is 1. The number of nitrogens with zero attached hydrogens (tertiary/aromatic N) is 3. The first-order valence-corrected chi connectivity index (χ1v) is 5.64. The normalized spacial score (nSPS) is 10.6. The van der Waals surface area contributed by atoms with Crippen molar-refractivity contribution >= 4 is 0 Å². The van der Waals surface area contributed by atoms with Crippen LogP contribution in [-0.4, -0.2) is 34.5 Å². The lowest BCUT2D eigenvalue weighted by Gasteiger charge is -2.05. The zero-order valence-electron chi connectivity index (χ0n) is 9.85. The van der Waals surface area contributed by atoms with E-state index >= 15 is 0 Å². The van der Waals surface area contributed by atoms with Gasteiger partial charge in [-0.1, -0.05) is 6.08 Å². The Morgan fingerprint density at radius 3 is 3.19 bits per heavy atom. The molecule has 1 rings (SSSR count). The molecular formula is C11H20N4O. The van der Waals surface area contributed by atoms with Crippen LogP contribution >= 0.6 is 0 Å². The summed E-state index contributed by atoms with van der Waals surface area (Å²) in [6.07, 6.45) is 4.35. The number of hydrogen-bond donors (Lipinski definition) is 1. The summed E-state index contributed by atoms with van der Waals surface area (Å²) in [6.45, 7) is 9.56. The summed E-state index contributed by atoms with van der Waals surface area (Å²) < 4.78 is 7.25. The molecule has 0 radical (unpaired) electrons. The highest BCUT2D eigenvalue weighted by atomic mass is 16.5. The van der Waals surface area contributed by atoms with E-state index in [0.29, 0.717) is 6.61 Å². The lowest BCUT2D eigenvalue weighted by atomic mass is 10.4. The van der Waals surface area contributed by atoms with E-state index in [1.807, 2.05) is 10.8 Å². The minimum absolute atomic E-state index is 0.716. The van der Waals surface area contributed by atoms with Gasteiger partial charge in [-0.2, -0.15) is 5.10 Å². The fourth-order valence-corrected chi connectivity index (χ4v) is 1.30. The molecule has 0 aromatic carbocycles. The van der Waals surface area contributed by atoms with E-state index in [4.69, 9.17) is 4.74 Å². The van der Waals surface area contributed by atoms with Gasteiger partial charge in [0.15, 0.2) is 0 Å². The topological polar surface area (TPSA) is 52.0 Å². The summed E-state index contributed by atoms with van der Waals surface area (Å²) in [7, 11) is 0. The Kier molecular flexibility index (Phi) is 6.44. The van der Waals surface area contributed by atoms with E-state index in [0.717, 1.165) is 38.5 Å². The fourth-order valence-electron chi connectivity index (χ4n) is 1.30. The molecule has 5 heteroatoms. The third-order valence-electron chi connectivity index (χ3n) is 2.17. The Bertz CT molecular complexity index is 298. The smallest absolute Gasteiger partial charge is 0.140 e. The van der Waals surface area contributed by atoms with Crippen LogP contribution in [0.4, 0.5) is 0 Å². The van der Waals surface area contributed by atoms with Crippen LogP contribution in [0.25, 0.3) is 0 Å². The fraction of sp³-hybridized carbons (Fsp3) is 0.636. The van der Waals surface area contributed by atoms with Crippen LogP contribution in [0.3, 0.4) is 0 Å². The molecular weight excluding hydrogens is 204 g/mol. The number of hydrogen-bond acceptors (Lipinski definition) is 4. The summed E-state index contributed by atoms with van der Waals surface area (Å²) >= 11 is 0. The molecule has 0 saturated carbocycles. The van der Waals surface area contributed by atoms with Gasteiger partial charge in [0.05, 0.1) is 19.8 Å². The summed E-state index contributed by atoms with van der Waals surface area (Å²) in [5.41, 5.74) is 0. The van der Waals surface area contributed by atoms with Gasteiger partial charge in [0, 0.05) is 13.1 Å². The molecule has 0 aliphatic heterocycles. The molecule has 0 aliphatic rings. The number of aromatic nitrogens is 3. The summed E-state index contributed by atoms with van der Waals surface area (Å²) in [5, 5.41) is 7.36. The van der Waals surface area contributed by atoms with Crippen LogP contribution in [0.2, 0.25) is 0 Å². The first-order chi connectivity index (χ1) is 7.88. The highest BCUT2D eigenvalue weighted by Crippen LogP contribution is 1.92. The lowest BCUT2D eigenvalue weighted by molar-refractivity contribution is 0.140. The molecule has 0 atom stereocenters. The number of ether oxygens (including phenoxy) is 1. The Morgan fingerprint density at radius 2 is 2.44 bits per heavy atom. The first kappa shape index (κ1) is 12.9. The minimum atomic E-state index is 0.716. The average Bonchev–Trinajstić information content (AvgIpc) is 2.75. The summed E-state index contributed by atoms with van der Waals surface area (Å²) in [5.74, 6) is 0.966. The van der Waals surface area contributed by atoms with Crippen molar-refractivity contribution in [1.82, 2.24) is 20.1 Å². The van der Waals surface area contributed by atoms with Crippen molar-refractivity contribution in [2.75, 3.05) is 19.8 Å². The monoisotopic (exact) mass is 224 g/mol. The van der Waals surface area contributed by atoms with E-state index in [1.165, 1.54) is 0 Å². The first-order valence-electron chi connectivity index (χ1n) is 5.64. The maximum Gasteiger partial charge on any atom is 0.140 e. The van der Waals surface area contributed by atoms with Crippen molar-refractivity contribution in [2.45, 2.75) is 26.4 Å². The molecule has 0 fully saturated rings. The third kappa shape index (κ3) is 4.55. The highest BCUT2D eigenvalue weighted by molar-refractivity contribution is 4.83. The van der Waals surface area contributed by atoms with Gasteiger partial charge in [-0.05, 0) is 13.3 Å². The molecule has 0 saturated heterocycles. The van der Waals surface area contributed by atoms with Gasteiger partial charge in [0.25, 0.3) is 0 Å². The van der Waals surface area contributed by atoms with Gasteiger partial charge >= 0.3 is 0 Å². The predicted molar refractivity (Wildman–Crippen MR) is 63.0 cm³/mol. The molecule has 0 amide bonds. The third-order valence-corrected chi connectivity index (χ3v) is 2.17. The molecule has 1 heterocycles. The maximum atomic E-state index is 5.37. The Labute approximate surface area is 96.5 Å². The molecule has 16 heavy (non-hydrogen) atoms. The number of aryl methyl sites for hydroxylation is 1. The van der Waals surface area contributed by atoms with Crippen molar-refractivity contribution in [3.05, 3.63) is 24.8 Å². The van der Waals surface area contributed by atoms with Crippen LogP contribution < -0.4 is 5.32 Å². The van der Waals surface area contributed by atoms with Crippen LogP contribution in [0, 0.1) is 0 Å². The quantitative estimate of drug-likeness (QED) is 0.502. The largest absolute Gasteiger partial charge is 0.380 e. The van der Waals surface area contributed by atoms with Crippen LogP contribution in [0.5, 0.6) is 0 Å². The Morgan fingerprint density at radius 1 is 1.56 bits per heavy atom. The van der Waals surface area contributed by atoms with E-state index in [9.17, 15) is 0 Å². The van der Waals surface area contributed by atoms with Gasteiger partial charge < -0.3 is 10.1 Å². The van der Waals surface area contributed by atoms with Crippen molar-refractivity contribution < 1.29 is 4.74 Å². The highest BCUT2D eigenvalue weighted by Gasteiger charge is 2.00. The molecule has 1 aromatic heterocycles. The van der Waals surface area contributed by atoms with Crippen molar-refractivity contribution in [1.29, 1.82) is 0 Å². The van der Waals surface area contributed by atoms with Crippen molar-refractivity contribution in [3.63, 3.8) is 0 Å². The van der Waals surface area contributed by atoms with E-state index < -0.39 is 0 Å². The van der Waals surface area contributed by atoms with Crippen molar-refractivity contribution in [3.8, 4) is 0 Å². The molecule has 1 N–H and O–H groups in total. The van der Waals surface area contributed by atoms with Gasteiger partial charge in [-0.15, -0.1) is 6.58 Å². The molecule has 5 nitrogen and oxygen atoms in total. The van der Waals surface area contributed by atoms with E-state index in [2.05, 4.69) is 28.9 Å². The van der Waals surface area contributed by atoms with Crippen LogP contribution in [0.1, 0.15) is 19.2 Å². The van der Waals surface area contributed by atoms with Crippen molar-refractivity contribution in [2.24, 2.45) is 0 Å². The van der Waals surface area contributed by atoms with Crippen LogP contribution in [0.15, 0.2) is 19.0 Å². The second kappa shape index (κ2) is 8.01. The van der Waals surface area contributed by atoms with Gasteiger partial charge in [-0.3, -0.25) is 0 Å². The summed E-state index contributed by atoms with van der Waals surface area (Å²) in [4.78, 5) is 4.17. The lowest BCUT2D eigenvalue weighted by Crippen LogP contribution is -2.22. The van der Waals surface area contributed by atoms with Gasteiger partial charge in [0.1, 0.15) is 12.2 Å². The Hall–Kier alpha value is -1.20. The molecule has 1 aromatic rings. The second-order valence-corrected chi connectivity index (χ2v) is 3.36. The Balaban J connectivity index is 2.05. The average molecular weight is 224 g/mol. The SMILES string of the molecule is C=CCCOCCNCc1ncnn1CC. The van der Waals surface area contributed by atoms with Gasteiger partial charge in [0.2, 0.25) is 0 Å². The number of rotatable bonds is 9. The van der Waals surface area contributed by atoms with Crippen LogP contribution in [-0.2, 0) is 17.8 Å². The zero-order valence-corrected chi connectivity index (χ0v) is 9.85. The summed E-state index contributed by atoms with van der Waals surface area (Å²) in [6, 6.07) is 0. The molecule has 0 unspecified atom stereocenters. The standard InChI is InChI=1S/C11H20N4O/c1-3-5-7-16-8-6-12-9-11-13-10-14-15(11)4-2/h3,10,12H,1,4-9H2,2H3. The van der Waals surface area contributed by atoms with E-state index in [-0.39, 0.29) is 0 Å². The second-order valence-electron chi connectivity index (χ2n) is 3.36. The zero-order chi connectivity index (χ0) is 11.6. The van der Waals surface area contributed by atoms with Gasteiger partial charge in [-0.25, -0.2) is 9.67 Å². The minimum Gasteiger partial charge on any atom is -0.380 e. The predicted octanol–water partition coefficient (Wildman–Crippen LogP) is 0.980. The molecule has 0 bridgehead atoms. The molecule has 0 spiro atoms.